The van der Waals surface area contributed by atoms with E-state index >= 15 is 0 Å². The van der Waals surface area contributed by atoms with Crippen molar-refractivity contribution in [2.45, 2.75) is 52.1 Å². The molecule has 0 amide bonds. The smallest absolute Gasteiger partial charge is 0.0719 e. The van der Waals surface area contributed by atoms with Gasteiger partial charge in [0.1, 0.15) is 0 Å². The summed E-state index contributed by atoms with van der Waals surface area (Å²) in [6.45, 7) is 3.90. The number of allylic oxidation sites excluding steroid dienone is 1. The van der Waals surface area contributed by atoms with E-state index in [-0.39, 0.29) is 6.10 Å². The number of aliphatic hydroxyl groups excluding tert-OH is 1. The highest BCUT2D eigenvalue weighted by Crippen LogP contribution is 2.80. The zero-order valence-electron chi connectivity index (χ0n) is 9.87. The minimum atomic E-state index is -0.255. The van der Waals surface area contributed by atoms with Crippen molar-refractivity contribution in [3.05, 3.63) is 11.6 Å². The molecular weight excluding hydrogens is 184 g/mol. The van der Waals surface area contributed by atoms with E-state index in [0.717, 1.165) is 28.7 Å². The predicted molar refractivity (Wildman–Crippen MR) is 61.4 cm³/mol. The minimum Gasteiger partial charge on any atom is -0.389 e. The van der Waals surface area contributed by atoms with Crippen molar-refractivity contribution in [3.63, 3.8) is 0 Å². The van der Waals surface area contributed by atoms with E-state index < -0.39 is 0 Å². The highest BCUT2D eigenvalue weighted by atomic mass is 16.3. The lowest BCUT2D eigenvalue weighted by molar-refractivity contribution is 0.231. The van der Waals surface area contributed by atoms with Crippen LogP contribution in [0.3, 0.4) is 0 Å². The summed E-state index contributed by atoms with van der Waals surface area (Å²) in [5.41, 5.74) is 1.94. The van der Waals surface area contributed by atoms with Crippen LogP contribution in [0.5, 0.6) is 0 Å². The van der Waals surface area contributed by atoms with Crippen LogP contribution in [0.15, 0.2) is 11.6 Å². The fourth-order valence-electron chi connectivity index (χ4n) is 4.50. The molecule has 1 N–H and O–H groups in total. The molecule has 84 valence electrons. The van der Waals surface area contributed by atoms with Crippen molar-refractivity contribution >= 4 is 0 Å². The van der Waals surface area contributed by atoms with Crippen molar-refractivity contribution < 1.29 is 5.11 Å². The molecule has 1 nitrogen and oxygen atoms in total. The fraction of sp³-hybridized carbons (Fsp3) is 0.857. The van der Waals surface area contributed by atoms with Crippen LogP contribution in [0.1, 0.15) is 46.0 Å². The number of hydrogen-bond donors (Lipinski definition) is 1. The quantitative estimate of drug-likeness (QED) is 0.701. The molecule has 4 bridgehead atoms. The molecule has 3 unspecified atom stereocenters. The van der Waals surface area contributed by atoms with Crippen LogP contribution in [0.2, 0.25) is 0 Å². The fourth-order valence-corrected chi connectivity index (χ4v) is 4.50. The van der Waals surface area contributed by atoms with E-state index in [1.54, 1.807) is 12.8 Å². The van der Waals surface area contributed by atoms with Gasteiger partial charge in [-0.15, -0.1) is 0 Å². The molecule has 4 saturated carbocycles. The summed E-state index contributed by atoms with van der Waals surface area (Å²) in [5.74, 6) is 3.33. The van der Waals surface area contributed by atoms with Gasteiger partial charge in [0.25, 0.3) is 0 Å². The Balaban J connectivity index is 1.54. The van der Waals surface area contributed by atoms with Crippen molar-refractivity contribution in [2.75, 3.05) is 0 Å². The minimum absolute atomic E-state index is 0.255. The maximum atomic E-state index is 9.38. The zero-order valence-corrected chi connectivity index (χ0v) is 9.87. The molecule has 0 radical (unpaired) electrons. The Morgan fingerprint density at radius 2 is 2.13 bits per heavy atom. The predicted octanol–water partition coefficient (Wildman–Crippen LogP) is 3.14. The summed E-state index contributed by atoms with van der Waals surface area (Å²) >= 11 is 0. The van der Waals surface area contributed by atoms with Gasteiger partial charge in [-0.2, -0.15) is 0 Å². The number of hydrogen-bond acceptors (Lipinski definition) is 1. The monoisotopic (exact) mass is 206 g/mol. The van der Waals surface area contributed by atoms with E-state index in [1.165, 1.54) is 19.3 Å². The molecule has 0 saturated heterocycles. The van der Waals surface area contributed by atoms with E-state index in [1.807, 2.05) is 13.8 Å². The SMILES string of the molecule is C/C(=C\CCC12CC3CC1C2C3)C(C)O. The first-order valence-corrected chi connectivity index (χ1v) is 6.48. The Hall–Kier alpha value is -0.300. The largest absolute Gasteiger partial charge is 0.389 e. The molecular formula is C14H22O. The highest BCUT2D eigenvalue weighted by molar-refractivity contribution is 5.22. The molecule has 15 heavy (non-hydrogen) atoms. The van der Waals surface area contributed by atoms with E-state index in [4.69, 9.17) is 0 Å². The third kappa shape index (κ3) is 1.32. The Morgan fingerprint density at radius 3 is 2.60 bits per heavy atom. The Labute approximate surface area is 92.6 Å². The number of aliphatic hydroxyl groups is 1. The summed E-state index contributed by atoms with van der Waals surface area (Å²) < 4.78 is 0. The van der Waals surface area contributed by atoms with Crippen LogP contribution < -0.4 is 0 Å². The van der Waals surface area contributed by atoms with Crippen molar-refractivity contribution in [2.24, 2.45) is 23.2 Å². The molecule has 3 atom stereocenters. The normalized spacial score (nSPS) is 48.5. The lowest BCUT2D eigenvalue weighted by atomic mass is 9.96. The molecule has 0 aromatic rings. The summed E-state index contributed by atoms with van der Waals surface area (Å²) in [5, 5.41) is 9.38. The Morgan fingerprint density at radius 1 is 1.47 bits per heavy atom. The van der Waals surface area contributed by atoms with Crippen LogP contribution in [-0.4, -0.2) is 11.2 Å². The van der Waals surface area contributed by atoms with Crippen LogP contribution in [0.25, 0.3) is 0 Å². The highest BCUT2D eigenvalue weighted by Gasteiger charge is 2.73. The van der Waals surface area contributed by atoms with E-state index in [2.05, 4.69) is 6.08 Å². The van der Waals surface area contributed by atoms with Gasteiger partial charge in [-0.1, -0.05) is 6.08 Å². The summed E-state index contributed by atoms with van der Waals surface area (Å²) in [6, 6.07) is 0. The molecule has 4 fully saturated rings. The lowest BCUT2D eigenvalue weighted by Crippen LogP contribution is -2.02. The van der Waals surface area contributed by atoms with Gasteiger partial charge in [-0.25, -0.2) is 0 Å². The van der Waals surface area contributed by atoms with Crippen molar-refractivity contribution in [1.29, 1.82) is 0 Å². The van der Waals surface area contributed by atoms with Crippen molar-refractivity contribution in [1.82, 2.24) is 0 Å². The van der Waals surface area contributed by atoms with Crippen LogP contribution in [0.4, 0.5) is 0 Å². The van der Waals surface area contributed by atoms with Gasteiger partial charge < -0.3 is 5.11 Å². The first-order valence-electron chi connectivity index (χ1n) is 6.48. The third-order valence-corrected chi connectivity index (χ3v) is 5.43. The van der Waals surface area contributed by atoms with Gasteiger partial charge in [-0.3, -0.25) is 0 Å². The summed E-state index contributed by atoms with van der Waals surface area (Å²) in [6.07, 6.45) is 9.20. The molecule has 0 aliphatic heterocycles. The maximum absolute atomic E-state index is 9.38. The second-order valence-corrected chi connectivity index (χ2v) is 6.15. The summed E-state index contributed by atoms with van der Waals surface area (Å²) in [7, 11) is 0. The average molecular weight is 206 g/mol. The van der Waals surface area contributed by atoms with Gasteiger partial charge in [0, 0.05) is 0 Å². The lowest BCUT2D eigenvalue weighted by Gasteiger charge is -2.10. The van der Waals surface area contributed by atoms with Gasteiger partial charge in [0.05, 0.1) is 6.10 Å². The molecule has 0 aromatic carbocycles. The first-order chi connectivity index (χ1) is 7.13. The van der Waals surface area contributed by atoms with Crippen LogP contribution in [-0.2, 0) is 0 Å². The van der Waals surface area contributed by atoms with Gasteiger partial charge >= 0.3 is 0 Å². The molecule has 4 aliphatic rings. The van der Waals surface area contributed by atoms with Crippen molar-refractivity contribution in [3.8, 4) is 0 Å². The van der Waals surface area contributed by atoms with E-state index in [0.29, 0.717) is 0 Å². The maximum Gasteiger partial charge on any atom is 0.0719 e. The molecule has 4 aliphatic carbocycles. The summed E-state index contributed by atoms with van der Waals surface area (Å²) in [4.78, 5) is 0. The molecule has 4 rings (SSSR count). The van der Waals surface area contributed by atoms with Gasteiger partial charge in [0.2, 0.25) is 0 Å². The van der Waals surface area contributed by atoms with Gasteiger partial charge in [0.15, 0.2) is 0 Å². The van der Waals surface area contributed by atoms with Gasteiger partial charge in [-0.05, 0) is 74.7 Å². The molecule has 1 heteroatoms. The second kappa shape index (κ2) is 3.10. The molecule has 0 spiro atoms. The second-order valence-electron chi connectivity index (χ2n) is 6.15. The van der Waals surface area contributed by atoms with Crippen LogP contribution in [0, 0.1) is 23.2 Å². The third-order valence-electron chi connectivity index (χ3n) is 5.43. The number of rotatable bonds is 4. The van der Waals surface area contributed by atoms with Crippen LogP contribution >= 0.6 is 0 Å². The Kier molecular flexibility index (Phi) is 2.04. The Bertz CT molecular complexity index is 290. The first kappa shape index (κ1) is 9.89. The topological polar surface area (TPSA) is 20.2 Å². The molecule has 0 aromatic heterocycles. The zero-order chi connectivity index (χ0) is 10.6. The standard InChI is InChI=1S/C14H22O/c1-9(10(2)15)4-3-5-14-8-11-6-12(14)13(14)7-11/h4,10-13,15H,3,5-8H2,1-2H3/b9-4+. The average Bonchev–Trinajstić information content (AvgIpc) is 2.69. The molecule has 0 heterocycles. The van der Waals surface area contributed by atoms with E-state index in [9.17, 15) is 5.11 Å².